The van der Waals surface area contributed by atoms with Gasteiger partial charge in [0.15, 0.2) is 6.10 Å². The van der Waals surface area contributed by atoms with Crippen LogP contribution in [0.2, 0.25) is 10.0 Å². The first-order chi connectivity index (χ1) is 14.8. The second kappa shape index (κ2) is 12.8. The maximum atomic E-state index is 12.2. The Balaban J connectivity index is 1.89. The Morgan fingerprint density at radius 2 is 1.81 bits per heavy atom. The van der Waals surface area contributed by atoms with Crippen molar-refractivity contribution in [2.75, 3.05) is 19.8 Å². The molecule has 0 heterocycles. The van der Waals surface area contributed by atoms with E-state index in [2.05, 4.69) is 0 Å². The molecule has 2 aromatic rings. The lowest BCUT2D eigenvalue weighted by Crippen LogP contribution is -2.31. The molecule has 0 aromatic heterocycles. The van der Waals surface area contributed by atoms with E-state index in [9.17, 15) is 9.90 Å². The Morgan fingerprint density at radius 3 is 2.48 bits per heavy atom. The molecule has 8 heteroatoms. The largest absolute Gasteiger partial charge is 0.491 e. The van der Waals surface area contributed by atoms with E-state index in [1.54, 1.807) is 37.3 Å². The number of esters is 1. The highest BCUT2D eigenvalue weighted by Gasteiger charge is 2.22. The predicted molar refractivity (Wildman–Crippen MR) is 120 cm³/mol. The average Bonchev–Trinajstić information content (AvgIpc) is 2.71. The minimum absolute atomic E-state index is 0.00814. The van der Waals surface area contributed by atoms with Crippen molar-refractivity contribution in [3.63, 3.8) is 0 Å². The normalized spacial score (nSPS) is 13.0. The van der Waals surface area contributed by atoms with Crippen LogP contribution in [0.15, 0.2) is 42.5 Å². The molecule has 0 bridgehead atoms. The van der Waals surface area contributed by atoms with Gasteiger partial charge >= 0.3 is 5.97 Å². The zero-order valence-corrected chi connectivity index (χ0v) is 19.4. The number of aliphatic hydroxyl groups is 1. The zero-order valence-electron chi connectivity index (χ0n) is 17.8. The Labute approximate surface area is 193 Å². The van der Waals surface area contributed by atoms with E-state index in [0.717, 1.165) is 5.56 Å². The van der Waals surface area contributed by atoms with Crippen LogP contribution >= 0.6 is 23.2 Å². The number of hydrogen-bond acceptors (Lipinski definition) is 6. The summed E-state index contributed by atoms with van der Waals surface area (Å²) in [6.07, 6.45) is -1.32. The topological polar surface area (TPSA) is 74.2 Å². The van der Waals surface area contributed by atoms with Gasteiger partial charge in [0.2, 0.25) is 0 Å². The van der Waals surface area contributed by atoms with Crippen molar-refractivity contribution < 1.29 is 28.8 Å². The number of hydrogen-bond donors (Lipinski definition) is 1. The first-order valence-electron chi connectivity index (χ1n) is 10.1. The molecule has 1 N–H and O–H groups in total. The lowest BCUT2D eigenvalue weighted by atomic mass is 10.1. The van der Waals surface area contributed by atoms with Crippen molar-refractivity contribution in [1.29, 1.82) is 0 Å². The molecule has 0 radical (unpaired) electrons. The molecule has 0 saturated carbocycles. The Morgan fingerprint density at radius 1 is 1.06 bits per heavy atom. The average molecular weight is 471 g/mol. The number of rotatable bonds is 12. The fraction of sp³-hybridized carbons (Fsp3) is 0.435. The molecule has 0 aliphatic carbocycles. The first-order valence-corrected chi connectivity index (χ1v) is 10.8. The number of carbonyl (C=O) groups excluding carboxylic acids is 1. The van der Waals surface area contributed by atoms with Crippen LogP contribution < -0.4 is 9.47 Å². The van der Waals surface area contributed by atoms with Crippen molar-refractivity contribution >= 4 is 29.2 Å². The fourth-order valence-corrected chi connectivity index (χ4v) is 3.21. The van der Waals surface area contributed by atoms with Gasteiger partial charge in [0.25, 0.3) is 0 Å². The molecule has 6 nitrogen and oxygen atoms in total. The molecule has 0 amide bonds. The number of ether oxygens (including phenoxy) is 4. The Kier molecular flexibility index (Phi) is 10.4. The molecule has 31 heavy (non-hydrogen) atoms. The lowest BCUT2D eigenvalue weighted by Gasteiger charge is -2.19. The summed E-state index contributed by atoms with van der Waals surface area (Å²) >= 11 is 11.9. The molecule has 2 rings (SSSR count). The summed E-state index contributed by atoms with van der Waals surface area (Å²) < 4.78 is 22.0. The SMILES string of the molecule is CCOC(=O)[C@H](Cc1cccc(OC[C@@H](O)COc2ccc(Cl)cc2Cl)c1)OC(C)C. The maximum absolute atomic E-state index is 12.2. The van der Waals surface area contributed by atoms with E-state index in [0.29, 0.717) is 34.6 Å². The second-order valence-corrected chi connectivity index (χ2v) is 7.97. The van der Waals surface area contributed by atoms with Crippen molar-refractivity contribution in [3.05, 3.63) is 58.1 Å². The van der Waals surface area contributed by atoms with Gasteiger partial charge in [0.05, 0.1) is 17.7 Å². The van der Waals surface area contributed by atoms with Crippen molar-refractivity contribution in [1.82, 2.24) is 0 Å². The van der Waals surface area contributed by atoms with E-state index < -0.39 is 18.2 Å². The summed E-state index contributed by atoms with van der Waals surface area (Å²) in [5.74, 6) is 0.603. The summed E-state index contributed by atoms with van der Waals surface area (Å²) in [4.78, 5) is 12.2. The third kappa shape index (κ3) is 8.95. The van der Waals surface area contributed by atoms with Gasteiger partial charge in [-0.2, -0.15) is 0 Å². The highest BCUT2D eigenvalue weighted by Crippen LogP contribution is 2.27. The van der Waals surface area contributed by atoms with Crippen molar-refractivity contribution in [3.8, 4) is 11.5 Å². The molecule has 0 aliphatic heterocycles. The number of carbonyl (C=O) groups is 1. The predicted octanol–water partition coefficient (Wildman–Crippen LogP) is 4.71. The molecule has 0 aliphatic rings. The summed E-state index contributed by atoms with van der Waals surface area (Å²) in [6.45, 7) is 5.82. The molecule has 2 aromatic carbocycles. The molecular weight excluding hydrogens is 443 g/mol. The number of aliphatic hydroxyl groups excluding tert-OH is 1. The molecule has 0 fully saturated rings. The molecular formula is C23H28Cl2O6. The van der Waals surface area contributed by atoms with Gasteiger partial charge < -0.3 is 24.1 Å². The van der Waals surface area contributed by atoms with Crippen LogP contribution in [0.1, 0.15) is 26.3 Å². The summed E-state index contributed by atoms with van der Waals surface area (Å²) in [5.41, 5.74) is 0.856. The third-order valence-electron chi connectivity index (χ3n) is 4.07. The quantitative estimate of drug-likeness (QED) is 0.452. The van der Waals surface area contributed by atoms with Gasteiger partial charge in [-0.3, -0.25) is 0 Å². The molecule has 0 saturated heterocycles. The molecule has 170 valence electrons. The number of halogens is 2. The lowest BCUT2D eigenvalue weighted by molar-refractivity contribution is -0.159. The number of benzene rings is 2. The smallest absolute Gasteiger partial charge is 0.335 e. The van der Waals surface area contributed by atoms with Crippen molar-refractivity contribution in [2.24, 2.45) is 0 Å². The van der Waals surface area contributed by atoms with Crippen molar-refractivity contribution in [2.45, 2.75) is 45.5 Å². The van der Waals surface area contributed by atoms with E-state index in [4.69, 9.17) is 42.1 Å². The Bertz CT molecular complexity index is 843. The van der Waals surface area contributed by atoms with E-state index in [-0.39, 0.29) is 19.3 Å². The van der Waals surface area contributed by atoms with Crippen LogP contribution in [0.4, 0.5) is 0 Å². The van der Waals surface area contributed by atoms with E-state index >= 15 is 0 Å². The minimum atomic E-state index is -0.869. The fourth-order valence-electron chi connectivity index (χ4n) is 2.75. The monoisotopic (exact) mass is 470 g/mol. The van der Waals surface area contributed by atoms with E-state index in [1.165, 1.54) is 0 Å². The van der Waals surface area contributed by atoms with Gasteiger partial charge in [-0.1, -0.05) is 35.3 Å². The molecule has 0 spiro atoms. The third-order valence-corrected chi connectivity index (χ3v) is 4.60. The van der Waals surface area contributed by atoms with Crippen LogP contribution in [0.3, 0.4) is 0 Å². The van der Waals surface area contributed by atoms with Gasteiger partial charge in [-0.15, -0.1) is 0 Å². The van der Waals surface area contributed by atoms with Crippen LogP contribution in [0, 0.1) is 0 Å². The second-order valence-electron chi connectivity index (χ2n) is 7.13. The van der Waals surface area contributed by atoms with Crippen LogP contribution in [0.5, 0.6) is 11.5 Å². The van der Waals surface area contributed by atoms with Gasteiger partial charge in [-0.25, -0.2) is 4.79 Å². The zero-order chi connectivity index (χ0) is 22.8. The first kappa shape index (κ1) is 25.3. The van der Waals surface area contributed by atoms with Crippen LogP contribution in [0.25, 0.3) is 0 Å². The van der Waals surface area contributed by atoms with Gasteiger partial charge in [0.1, 0.15) is 30.8 Å². The highest BCUT2D eigenvalue weighted by molar-refractivity contribution is 6.35. The summed E-state index contributed by atoms with van der Waals surface area (Å²) in [7, 11) is 0. The summed E-state index contributed by atoms with van der Waals surface area (Å²) in [6, 6.07) is 12.1. The van der Waals surface area contributed by atoms with Gasteiger partial charge in [-0.05, 0) is 56.7 Å². The minimum Gasteiger partial charge on any atom is -0.491 e. The van der Waals surface area contributed by atoms with Gasteiger partial charge in [0, 0.05) is 11.4 Å². The highest BCUT2D eigenvalue weighted by atomic mass is 35.5. The maximum Gasteiger partial charge on any atom is 0.335 e. The molecule has 0 unspecified atom stereocenters. The molecule has 2 atom stereocenters. The van der Waals surface area contributed by atoms with Crippen LogP contribution in [-0.2, 0) is 20.7 Å². The summed E-state index contributed by atoms with van der Waals surface area (Å²) in [5, 5.41) is 11.0. The Hall–Kier alpha value is -1.99. The standard InChI is InChI=1S/C23H28Cl2O6/c1-4-28-23(27)22(31-15(2)3)11-16-6-5-7-19(10-16)29-13-18(26)14-30-21-9-8-17(24)12-20(21)25/h5-10,12,15,18,22,26H,4,11,13-14H2,1-3H3/t18-,22+/m1/s1. The van der Waals surface area contributed by atoms with E-state index in [1.807, 2.05) is 26.0 Å². The van der Waals surface area contributed by atoms with Crippen LogP contribution in [-0.4, -0.2) is 49.2 Å².